The average molecular weight is 170 g/mol. The lowest BCUT2D eigenvalue weighted by Crippen LogP contribution is -2.50. The van der Waals surface area contributed by atoms with Gasteiger partial charge in [0.05, 0.1) is 12.2 Å². The van der Waals surface area contributed by atoms with Gasteiger partial charge in [-0.2, -0.15) is 0 Å². The summed E-state index contributed by atoms with van der Waals surface area (Å²) < 4.78 is 5.75. The number of hydrazine groups is 1. The minimum atomic E-state index is 0.512. The molecular formula is C9H18N2O. The van der Waals surface area contributed by atoms with Gasteiger partial charge in [0.25, 0.3) is 0 Å². The fraction of sp³-hybridized carbons (Fsp3) is 1.00. The van der Waals surface area contributed by atoms with Crippen LogP contribution in [0.15, 0.2) is 0 Å². The van der Waals surface area contributed by atoms with Crippen LogP contribution in [0.4, 0.5) is 0 Å². The molecule has 3 nitrogen and oxygen atoms in total. The third-order valence-corrected chi connectivity index (χ3v) is 2.96. The van der Waals surface area contributed by atoms with Gasteiger partial charge in [0.1, 0.15) is 0 Å². The van der Waals surface area contributed by atoms with Crippen molar-refractivity contribution in [3.05, 3.63) is 0 Å². The third kappa shape index (κ3) is 1.49. The molecule has 0 amide bonds. The molecule has 2 rings (SSSR count). The van der Waals surface area contributed by atoms with Crippen molar-refractivity contribution in [3.63, 3.8) is 0 Å². The van der Waals surface area contributed by atoms with E-state index in [1.807, 2.05) is 0 Å². The maximum atomic E-state index is 5.75. The van der Waals surface area contributed by atoms with Crippen LogP contribution in [-0.2, 0) is 4.74 Å². The summed E-state index contributed by atoms with van der Waals surface area (Å²) in [6, 6.07) is 0. The monoisotopic (exact) mass is 170 g/mol. The van der Waals surface area contributed by atoms with Crippen LogP contribution in [-0.4, -0.2) is 48.9 Å². The molecule has 2 unspecified atom stereocenters. The molecule has 0 saturated carbocycles. The molecule has 2 fully saturated rings. The summed E-state index contributed by atoms with van der Waals surface area (Å²) in [5.74, 6) is 0. The predicted molar refractivity (Wildman–Crippen MR) is 47.8 cm³/mol. The van der Waals surface area contributed by atoms with Gasteiger partial charge in [-0.25, -0.2) is 10.0 Å². The first-order valence-corrected chi connectivity index (χ1v) is 4.91. The van der Waals surface area contributed by atoms with Crippen LogP contribution in [0.25, 0.3) is 0 Å². The molecule has 2 heterocycles. The standard InChI is InChI=1S/C9H18N2O/c1-3-10(2)11-6-8-4-5-9(7-11)12-8/h8-9H,3-7H2,1-2H3. The fourth-order valence-corrected chi connectivity index (χ4v) is 2.07. The Kier molecular flexibility index (Phi) is 2.35. The van der Waals surface area contributed by atoms with E-state index in [1.165, 1.54) is 12.8 Å². The molecule has 3 heteroatoms. The Morgan fingerprint density at radius 3 is 2.42 bits per heavy atom. The molecular weight excluding hydrogens is 152 g/mol. The summed E-state index contributed by atoms with van der Waals surface area (Å²) in [7, 11) is 2.16. The van der Waals surface area contributed by atoms with Gasteiger partial charge in [-0.15, -0.1) is 0 Å². The Bertz CT molecular complexity index is 151. The summed E-state index contributed by atoms with van der Waals surface area (Å²) in [6.45, 7) is 5.48. The van der Waals surface area contributed by atoms with Gasteiger partial charge in [0.15, 0.2) is 0 Å². The zero-order valence-corrected chi connectivity index (χ0v) is 7.99. The highest BCUT2D eigenvalue weighted by Gasteiger charge is 2.34. The molecule has 0 N–H and O–H groups in total. The molecule has 0 aromatic rings. The van der Waals surface area contributed by atoms with Gasteiger partial charge in [0.2, 0.25) is 0 Å². The molecule has 0 aliphatic carbocycles. The summed E-state index contributed by atoms with van der Waals surface area (Å²) in [5, 5.41) is 4.72. The number of rotatable bonds is 2. The lowest BCUT2D eigenvalue weighted by Gasteiger charge is -2.37. The molecule has 0 aromatic carbocycles. The van der Waals surface area contributed by atoms with E-state index < -0.39 is 0 Å². The summed E-state index contributed by atoms with van der Waals surface area (Å²) in [6.07, 6.45) is 3.55. The van der Waals surface area contributed by atoms with Crippen molar-refractivity contribution in [2.24, 2.45) is 0 Å². The zero-order valence-electron chi connectivity index (χ0n) is 7.99. The normalized spacial score (nSPS) is 36.2. The molecule has 0 aromatic heterocycles. The van der Waals surface area contributed by atoms with Crippen LogP contribution in [0.2, 0.25) is 0 Å². The minimum absolute atomic E-state index is 0.512. The van der Waals surface area contributed by atoms with Gasteiger partial charge >= 0.3 is 0 Å². The lowest BCUT2D eigenvalue weighted by molar-refractivity contribution is -0.117. The van der Waals surface area contributed by atoms with Crippen molar-refractivity contribution in [3.8, 4) is 0 Å². The van der Waals surface area contributed by atoms with Gasteiger partial charge < -0.3 is 4.74 Å². The first-order chi connectivity index (χ1) is 5.79. The lowest BCUT2D eigenvalue weighted by atomic mass is 10.2. The van der Waals surface area contributed by atoms with Crippen molar-refractivity contribution in [1.29, 1.82) is 0 Å². The third-order valence-electron chi connectivity index (χ3n) is 2.96. The first-order valence-electron chi connectivity index (χ1n) is 4.91. The maximum Gasteiger partial charge on any atom is 0.0721 e. The topological polar surface area (TPSA) is 15.7 Å². The molecule has 12 heavy (non-hydrogen) atoms. The van der Waals surface area contributed by atoms with Crippen molar-refractivity contribution < 1.29 is 4.74 Å². The van der Waals surface area contributed by atoms with Crippen LogP contribution in [0.5, 0.6) is 0 Å². The van der Waals surface area contributed by atoms with Crippen LogP contribution >= 0.6 is 0 Å². The van der Waals surface area contributed by atoms with Crippen LogP contribution in [0, 0.1) is 0 Å². The number of fused-ring (bicyclic) bond motifs is 2. The van der Waals surface area contributed by atoms with Crippen molar-refractivity contribution in [2.75, 3.05) is 26.7 Å². The molecule has 2 aliphatic rings. The van der Waals surface area contributed by atoms with Crippen LogP contribution in [0.3, 0.4) is 0 Å². The number of nitrogens with zero attached hydrogens (tertiary/aromatic N) is 2. The van der Waals surface area contributed by atoms with Crippen LogP contribution < -0.4 is 0 Å². The fourth-order valence-electron chi connectivity index (χ4n) is 2.07. The number of hydrogen-bond acceptors (Lipinski definition) is 3. The Labute approximate surface area is 74.3 Å². The SMILES string of the molecule is CCN(C)N1CC2CCC(C1)O2. The molecule has 0 spiro atoms. The molecule has 2 bridgehead atoms. The van der Waals surface area contributed by atoms with Gasteiger partial charge in [-0.3, -0.25) is 0 Å². The second-order valence-corrected chi connectivity index (χ2v) is 3.80. The molecule has 2 aliphatic heterocycles. The zero-order chi connectivity index (χ0) is 8.55. The molecule has 2 atom stereocenters. The Hall–Kier alpha value is -0.120. The summed E-state index contributed by atoms with van der Waals surface area (Å²) >= 11 is 0. The second kappa shape index (κ2) is 3.32. The highest BCUT2D eigenvalue weighted by molar-refractivity contribution is 4.83. The highest BCUT2D eigenvalue weighted by atomic mass is 16.5. The van der Waals surface area contributed by atoms with Gasteiger partial charge in [0, 0.05) is 26.7 Å². The Morgan fingerprint density at radius 2 is 1.92 bits per heavy atom. The summed E-state index contributed by atoms with van der Waals surface area (Å²) in [4.78, 5) is 0. The van der Waals surface area contributed by atoms with E-state index in [0.717, 1.165) is 19.6 Å². The highest BCUT2D eigenvalue weighted by Crippen LogP contribution is 2.26. The van der Waals surface area contributed by atoms with E-state index in [-0.39, 0.29) is 0 Å². The maximum absolute atomic E-state index is 5.75. The first kappa shape index (κ1) is 8.48. The van der Waals surface area contributed by atoms with Gasteiger partial charge in [-0.05, 0) is 12.8 Å². The summed E-state index contributed by atoms with van der Waals surface area (Å²) in [5.41, 5.74) is 0. The molecule has 0 radical (unpaired) electrons. The van der Waals surface area contributed by atoms with E-state index in [0.29, 0.717) is 12.2 Å². The second-order valence-electron chi connectivity index (χ2n) is 3.80. The smallest absolute Gasteiger partial charge is 0.0721 e. The Morgan fingerprint density at radius 1 is 1.33 bits per heavy atom. The van der Waals surface area contributed by atoms with E-state index in [2.05, 4.69) is 24.0 Å². The van der Waals surface area contributed by atoms with Crippen LogP contribution in [0.1, 0.15) is 19.8 Å². The number of morpholine rings is 1. The quantitative estimate of drug-likeness (QED) is 0.607. The average Bonchev–Trinajstić information content (AvgIpc) is 2.44. The molecule has 70 valence electrons. The molecule has 2 saturated heterocycles. The van der Waals surface area contributed by atoms with E-state index in [4.69, 9.17) is 4.74 Å². The number of ether oxygens (including phenoxy) is 1. The predicted octanol–water partition coefficient (Wildman–Crippen LogP) is 0.716. The Balaban J connectivity index is 1.93. The number of hydrogen-bond donors (Lipinski definition) is 0. The van der Waals surface area contributed by atoms with Crippen molar-refractivity contribution >= 4 is 0 Å². The van der Waals surface area contributed by atoms with E-state index >= 15 is 0 Å². The van der Waals surface area contributed by atoms with Crippen molar-refractivity contribution in [2.45, 2.75) is 32.0 Å². The van der Waals surface area contributed by atoms with Crippen molar-refractivity contribution in [1.82, 2.24) is 10.0 Å². The largest absolute Gasteiger partial charge is 0.372 e. The minimum Gasteiger partial charge on any atom is -0.372 e. The van der Waals surface area contributed by atoms with E-state index in [1.54, 1.807) is 0 Å². The van der Waals surface area contributed by atoms with Gasteiger partial charge in [-0.1, -0.05) is 6.92 Å². The van der Waals surface area contributed by atoms with E-state index in [9.17, 15) is 0 Å².